The van der Waals surface area contributed by atoms with Crippen LogP contribution < -0.4 is 19.5 Å². The monoisotopic (exact) mass is 524 g/mol. The topological polar surface area (TPSA) is 80.6 Å². The van der Waals surface area contributed by atoms with Gasteiger partial charge in [0, 0.05) is 11.8 Å². The quantitative estimate of drug-likeness (QED) is 0.269. The minimum absolute atomic E-state index is 0.0873. The lowest BCUT2D eigenvalue weighted by molar-refractivity contribution is -0.112. The number of benzene rings is 3. The number of methoxy groups -OCH3 is 1. The number of ether oxygens (including phenoxy) is 3. The molecule has 0 aromatic heterocycles. The maximum Gasteiger partial charge on any atom is 0.266 e. The highest BCUT2D eigenvalue weighted by Crippen LogP contribution is 2.38. The molecule has 0 bridgehead atoms. The van der Waals surface area contributed by atoms with Crippen LogP contribution in [-0.2, 0) is 11.4 Å². The Morgan fingerprint density at radius 2 is 1.91 bits per heavy atom. The molecule has 8 heteroatoms. The van der Waals surface area contributed by atoms with Crippen molar-refractivity contribution in [2.24, 2.45) is 0 Å². The van der Waals surface area contributed by atoms with E-state index < -0.39 is 5.91 Å². The number of amides is 1. The van der Waals surface area contributed by atoms with E-state index in [1.54, 1.807) is 48.5 Å². The van der Waals surface area contributed by atoms with Gasteiger partial charge in [-0.15, -0.1) is 0 Å². The molecule has 1 N–H and O–H groups in total. The Bertz CT molecular complexity index is 1240. The third-order valence-electron chi connectivity index (χ3n) is 4.63. The van der Waals surface area contributed by atoms with Gasteiger partial charge in [0.15, 0.2) is 11.5 Å². The fourth-order valence-electron chi connectivity index (χ4n) is 3.04. The zero-order chi connectivity index (χ0) is 24.5. The van der Waals surface area contributed by atoms with E-state index in [4.69, 9.17) is 14.2 Å². The van der Waals surface area contributed by atoms with E-state index in [1.807, 2.05) is 13.0 Å². The van der Waals surface area contributed by atoms with Crippen LogP contribution in [0.15, 0.2) is 70.7 Å². The highest BCUT2D eigenvalue weighted by molar-refractivity contribution is 9.10. The van der Waals surface area contributed by atoms with E-state index in [0.717, 1.165) is 5.56 Å². The highest BCUT2D eigenvalue weighted by atomic mass is 79.9. The van der Waals surface area contributed by atoms with Crippen LogP contribution in [0.1, 0.15) is 18.1 Å². The van der Waals surface area contributed by atoms with E-state index in [9.17, 15) is 14.4 Å². The standard InChI is InChI=1S/C26H22BrFN2O4/c1-3-33-22-6-4-5-21(14-22)30-26(31)19(15-29)11-18-12-23(27)25(24(13-18)32-2)34-16-17-7-9-20(28)10-8-17/h4-14H,3,16H2,1-2H3,(H,30,31)/b19-11-. The number of carbonyl (C=O) groups is 1. The van der Waals surface area contributed by atoms with Gasteiger partial charge in [0.25, 0.3) is 5.91 Å². The number of hydrogen-bond acceptors (Lipinski definition) is 5. The zero-order valence-corrected chi connectivity index (χ0v) is 20.2. The molecule has 174 valence electrons. The first-order chi connectivity index (χ1) is 16.4. The van der Waals surface area contributed by atoms with Gasteiger partial charge in [-0.05, 0) is 76.5 Å². The number of hydrogen-bond donors (Lipinski definition) is 1. The third kappa shape index (κ3) is 6.59. The van der Waals surface area contributed by atoms with Crippen molar-refractivity contribution >= 4 is 33.6 Å². The molecule has 3 rings (SSSR count). The molecule has 0 spiro atoms. The second-order valence-electron chi connectivity index (χ2n) is 7.03. The lowest BCUT2D eigenvalue weighted by atomic mass is 10.1. The van der Waals surface area contributed by atoms with Crippen LogP contribution in [0.4, 0.5) is 10.1 Å². The molecular formula is C26H22BrFN2O4. The van der Waals surface area contributed by atoms with E-state index in [1.165, 1.54) is 25.3 Å². The predicted octanol–water partition coefficient (Wildman–Crippen LogP) is 6.12. The lowest BCUT2D eigenvalue weighted by Gasteiger charge is -2.14. The second kappa shape index (κ2) is 11.9. The maximum atomic E-state index is 13.1. The number of nitrogens with one attached hydrogen (secondary N) is 1. The largest absolute Gasteiger partial charge is 0.494 e. The predicted molar refractivity (Wildman–Crippen MR) is 131 cm³/mol. The Morgan fingerprint density at radius 1 is 1.15 bits per heavy atom. The number of halogens is 2. The number of carbonyl (C=O) groups excluding carboxylic acids is 1. The Morgan fingerprint density at radius 3 is 2.59 bits per heavy atom. The molecule has 0 unspecified atom stereocenters. The van der Waals surface area contributed by atoms with Crippen LogP contribution in [0.25, 0.3) is 6.08 Å². The summed E-state index contributed by atoms with van der Waals surface area (Å²) in [4.78, 5) is 12.7. The summed E-state index contributed by atoms with van der Waals surface area (Å²) in [7, 11) is 1.49. The third-order valence-corrected chi connectivity index (χ3v) is 5.22. The van der Waals surface area contributed by atoms with Gasteiger partial charge in [-0.3, -0.25) is 4.79 Å². The second-order valence-corrected chi connectivity index (χ2v) is 7.89. The van der Waals surface area contributed by atoms with Crippen LogP contribution in [0, 0.1) is 17.1 Å². The van der Waals surface area contributed by atoms with E-state index >= 15 is 0 Å². The SMILES string of the molecule is CCOc1cccc(NC(=O)/C(C#N)=C\c2cc(Br)c(OCc3ccc(F)cc3)c(OC)c2)c1. The lowest BCUT2D eigenvalue weighted by Crippen LogP contribution is -2.13. The van der Waals surface area contributed by atoms with Crippen LogP contribution in [0.3, 0.4) is 0 Å². The molecule has 0 saturated heterocycles. The fraction of sp³-hybridized carbons (Fsp3) is 0.154. The molecule has 34 heavy (non-hydrogen) atoms. The molecule has 0 saturated carbocycles. The smallest absolute Gasteiger partial charge is 0.266 e. The molecule has 3 aromatic rings. The molecule has 1 amide bonds. The Hall–Kier alpha value is -3.83. The van der Waals surface area contributed by atoms with Gasteiger partial charge in [0.2, 0.25) is 0 Å². The molecule has 0 radical (unpaired) electrons. The number of nitriles is 1. The van der Waals surface area contributed by atoms with E-state index in [-0.39, 0.29) is 18.0 Å². The normalized spacial score (nSPS) is 10.9. The summed E-state index contributed by atoms with van der Waals surface area (Å²) in [5, 5.41) is 12.3. The fourth-order valence-corrected chi connectivity index (χ4v) is 3.62. The van der Waals surface area contributed by atoms with Crippen LogP contribution >= 0.6 is 15.9 Å². The average molecular weight is 525 g/mol. The minimum atomic E-state index is -0.553. The van der Waals surface area contributed by atoms with Gasteiger partial charge in [0.05, 0.1) is 18.2 Å². The Balaban J connectivity index is 1.79. The van der Waals surface area contributed by atoms with Crippen molar-refractivity contribution in [3.8, 4) is 23.3 Å². The summed E-state index contributed by atoms with van der Waals surface area (Å²) in [6, 6.07) is 18.2. The van der Waals surface area contributed by atoms with Gasteiger partial charge in [-0.1, -0.05) is 18.2 Å². The summed E-state index contributed by atoms with van der Waals surface area (Å²) in [5.41, 5.74) is 1.78. The highest BCUT2D eigenvalue weighted by Gasteiger charge is 2.15. The Kier molecular flexibility index (Phi) is 8.66. The molecule has 0 aliphatic rings. The number of nitrogens with zero attached hydrogens (tertiary/aromatic N) is 1. The summed E-state index contributed by atoms with van der Waals surface area (Å²) < 4.78 is 30.4. The summed E-state index contributed by atoms with van der Waals surface area (Å²) in [5.74, 6) is 0.595. The molecule has 0 aliphatic heterocycles. The van der Waals surface area contributed by atoms with Crippen molar-refractivity contribution in [1.82, 2.24) is 0 Å². The van der Waals surface area contributed by atoms with Crippen LogP contribution in [0.5, 0.6) is 17.2 Å². The summed E-state index contributed by atoms with van der Waals surface area (Å²) in [6.07, 6.45) is 1.46. The van der Waals surface area contributed by atoms with E-state index in [2.05, 4.69) is 21.2 Å². The van der Waals surface area contributed by atoms with Crippen LogP contribution in [0.2, 0.25) is 0 Å². The van der Waals surface area contributed by atoms with Gasteiger partial charge in [-0.2, -0.15) is 5.26 Å². The first-order valence-corrected chi connectivity index (χ1v) is 11.1. The molecule has 0 heterocycles. The van der Waals surface area contributed by atoms with Crippen LogP contribution in [-0.4, -0.2) is 19.6 Å². The Labute approximate surface area is 205 Å². The number of rotatable bonds is 9. The summed E-state index contributed by atoms with van der Waals surface area (Å²) >= 11 is 3.46. The van der Waals surface area contributed by atoms with Gasteiger partial charge >= 0.3 is 0 Å². The van der Waals surface area contributed by atoms with Crippen molar-refractivity contribution in [3.05, 3.63) is 87.7 Å². The van der Waals surface area contributed by atoms with Gasteiger partial charge in [-0.25, -0.2) is 4.39 Å². The maximum absolute atomic E-state index is 13.1. The number of anilines is 1. The van der Waals surface area contributed by atoms with Crippen molar-refractivity contribution in [3.63, 3.8) is 0 Å². The summed E-state index contributed by atoms with van der Waals surface area (Å²) in [6.45, 7) is 2.57. The van der Waals surface area contributed by atoms with Gasteiger partial charge < -0.3 is 19.5 Å². The molecule has 0 aliphatic carbocycles. The van der Waals surface area contributed by atoms with Crippen molar-refractivity contribution in [1.29, 1.82) is 5.26 Å². The van der Waals surface area contributed by atoms with Crippen molar-refractivity contribution < 1.29 is 23.4 Å². The molecule has 6 nitrogen and oxygen atoms in total. The molecule has 0 fully saturated rings. The molecule has 3 aromatic carbocycles. The first kappa shape index (κ1) is 24.8. The molecule has 0 atom stereocenters. The van der Waals surface area contributed by atoms with E-state index in [0.29, 0.717) is 39.6 Å². The zero-order valence-electron chi connectivity index (χ0n) is 18.6. The van der Waals surface area contributed by atoms with Crippen molar-refractivity contribution in [2.75, 3.05) is 19.0 Å². The minimum Gasteiger partial charge on any atom is -0.494 e. The molecular weight excluding hydrogens is 503 g/mol. The van der Waals surface area contributed by atoms with Crippen molar-refractivity contribution in [2.45, 2.75) is 13.5 Å². The van der Waals surface area contributed by atoms with Gasteiger partial charge in [0.1, 0.15) is 29.8 Å². The average Bonchev–Trinajstić information content (AvgIpc) is 2.83. The first-order valence-electron chi connectivity index (χ1n) is 10.3.